The van der Waals surface area contributed by atoms with Crippen molar-refractivity contribution in [2.45, 2.75) is 33.6 Å². The number of piperazine rings is 1. The Balaban J connectivity index is 0.00000392. The molecular weight excluding hydrogens is 469 g/mol. The van der Waals surface area contributed by atoms with Gasteiger partial charge in [-0.15, -0.1) is 24.0 Å². The number of nitrogens with one attached hydrogen (secondary N) is 1. The molecule has 164 valence electrons. The van der Waals surface area contributed by atoms with Gasteiger partial charge >= 0.3 is 5.97 Å². The summed E-state index contributed by atoms with van der Waals surface area (Å²) in [5.41, 5.74) is 0. The summed E-state index contributed by atoms with van der Waals surface area (Å²) in [4.78, 5) is 23.7. The highest BCUT2D eigenvalue weighted by molar-refractivity contribution is 14.0. The maximum atomic E-state index is 11.9. The average molecular weight is 509 g/mol. The van der Waals surface area contributed by atoms with E-state index in [9.17, 15) is 4.79 Å². The van der Waals surface area contributed by atoms with E-state index in [4.69, 9.17) is 4.74 Å². The fraction of sp³-hybridized carbons (Fsp3) is 0.900. The fourth-order valence-electron chi connectivity index (χ4n) is 3.98. The average Bonchev–Trinajstić information content (AvgIpc) is 2.69. The van der Waals surface area contributed by atoms with Crippen LogP contribution in [-0.4, -0.2) is 99.2 Å². The van der Waals surface area contributed by atoms with Gasteiger partial charge in [-0.25, -0.2) is 0 Å². The minimum absolute atomic E-state index is 0. The van der Waals surface area contributed by atoms with Crippen LogP contribution in [0.4, 0.5) is 0 Å². The third-order valence-electron chi connectivity index (χ3n) is 5.72. The number of nitrogens with zero attached hydrogens (tertiary/aromatic N) is 4. The molecule has 0 aromatic rings. The summed E-state index contributed by atoms with van der Waals surface area (Å²) in [7, 11) is 1.84. The van der Waals surface area contributed by atoms with Crippen LogP contribution >= 0.6 is 24.0 Å². The number of rotatable bonds is 7. The molecule has 1 atom stereocenters. The van der Waals surface area contributed by atoms with Crippen LogP contribution in [0.2, 0.25) is 0 Å². The van der Waals surface area contributed by atoms with E-state index in [2.05, 4.69) is 38.9 Å². The Morgan fingerprint density at radius 2 is 1.71 bits per heavy atom. The Labute approximate surface area is 188 Å². The lowest BCUT2D eigenvalue weighted by atomic mass is 9.97. The smallest absolute Gasteiger partial charge is 0.309 e. The standard InChI is InChI=1S/C20H39N5O2.HI/c1-5-23-11-13-24(14-12-23)16-17(3)15-22-20(21-4)25-9-7-18(8-10-25)19(26)27-6-2;/h17-18H,5-16H2,1-4H3,(H,21,22);1H. The lowest BCUT2D eigenvalue weighted by Crippen LogP contribution is -2.50. The first-order valence-corrected chi connectivity index (χ1v) is 10.6. The van der Waals surface area contributed by atoms with Crippen molar-refractivity contribution < 1.29 is 9.53 Å². The van der Waals surface area contributed by atoms with E-state index in [1.807, 2.05) is 14.0 Å². The van der Waals surface area contributed by atoms with Crippen molar-refractivity contribution in [1.82, 2.24) is 20.0 Å². The zero-order chi connectivity index (χ0) is 19.6. The molecule has 8 heteroatoms. The Bertz CT molecular complexity index is 475. The summed E-state index contributed by atoms with van der Waals surface area (Å²) in [5, 5.41) is 3.54. The van der Waals surface area contributed by atoms with Crippen molar-refractivity contribution in [3.05, 3.63) is 0 Å². The number of likely N-dealkylation sites (tertiary alicyclic amines) is 1. The molecule has 0 aromatic heterocycles. The summed E-state index contributed by atoms with van der Waals surface area (Å²) in [6.45, 7) is 16.5. The molecule has 0 saturated carbocycles. The number of hydrogen-bond donors (Lipinski definition) is 1. The van der Waals surface area contributed by atoms with Crippen LogP contribution in [-0.2, 0) is 9.53 Å². The van der Waals surface area contributed by atoms with Crippen LogP contribution in [0.5, 0.6) is 0 Å². The van der Waals surface area contributed by atoms with E-state index in [1.165, 1.54) is 26.2 Å². The topological polar surface area (TPSA) is 60.4 Å². The van der Waals surface area contributed by atoms with Gasteiger partial charge in [-0.2, -0.15) is 0 Å². The normalized spacial score (nSPS) is 21.1. The predicted molar refractivity (Wildman–Crippen MR) is 125 cm³/mol. The number of esters is 1. The number of ether oxygens (including phenoxy) is 1. The molecule has 0 radical (unpaired) electrons. The van der Waals surface area contributed by atoms with Crippen molar-refractivity contribution >= 4 is 35.9 Å². The third-order valence-corrected chi connectivity index (χ3v) is 5.72. The number of likely N-dealkylation sites (N-methyl/N-ethyl adjacent to an activating group) is 1. The zero-order valence-corrected chi connectivity index (χ0v) is 20.5. The minimum Gasteiger partial charge on any atom is -0.466 e. The van der Waals surface area contributed by atoms with E-state index >= 15 is 0 Å². The monoisotopic (exact) mass is 509 g/mol. The second-order valence-corrected chi connectivity index (χ2v) is 7.78. The summed E-state index contributed by atoms with van der Waals surface area (Å²) in [6, 6.07) is 0. The maximum absolute atomic E-state index is 11.9. The lowest BCUT2D eigenvalue weighted by Gasteiger charge is -2.36. The van der Waals surface area contributed by atoms with E-state index in [-0.39, 0.29) is 35.9 Å². The molecule has 0 amide bonds. The number of halogens is 1. The summed E-state index contributed by atoms with van der Waals surface area (Å²) >= 11 is 0. The van der Waals surface area contributed by atoms with Gasteiger partial charge in [0.1, 0.15) is 0 Å². The molecule has 2 heterocycles. The van der Waals surface area contributed by atoms with Crippen molar-refractivity contribution in [1.29, 1.82) is 0 Å². The summed E-state index contributed by atoms with van der Waals surface area (Å²) < 4.78 is 5.16. The van der Waals surface area contributed by atoms with E-state index < -0.39 is 0 Å². The SMILES string of the molecule is CCOC(=O)C1CCN(C(=NC)NCC(C)CN2CCN(CC)CC2)CC1.I. The molecular formula is C20H40IN5O2. The molecule has 1 unspecified atom stereocenters. The van der Waals surface area contributed by atoms with Crippen LogP contribution < -0.4 is 5.32 Å². The summed E-state index contributed by atoms with van der Waals surface area (Å²) in [6.07, 6.45) is 1.69. The molecule has 7 nitrogen and oxygen atoms in total. The van der Waals surface area contributed by atoms with Gasteiger partial charge in [-0.3, -0.25) is 9.79 Å². The molecule has 1 N–H and O–H groups in total. The Morgan fingerprint density at radius 3 is 2.25 bits per heavy atom. The number of carbonyl (C=O) groups excluding carboxylic acids is 1. The highest BCUT2D eigenvalue weighted by atomic mass is 127. The Hall–Kier alpha value is -0.610. The van der Waals surface area contributed by atoms with Crippen molar-refractivity contribution in [3.63, 3.8) is 0 Å². The van der Waals surface area contributed by atoms with Gasteiger partial charge in [0.25, 0.3) is 0 Å². The van der Waals surface area contributed by atoms with E-state index in [0.717, 1.165) is 51.5 Å². The quantitative estimate of drug-likeness (QED) is 0.244. The predicted octanol–water partition coefficient (Wildman–Crippen LogP) is 1.73. The third kappa shape index (κ3) is 8.02. The first kappa shape index (κ1) is 25.4. The highest BCUT2D eigenvalue weighted by Crippen LogP contribution is 2.18. The van der Waals surface area contributed by atoms with Gasteiger partial charge < -0.3 is 24.8 Å². The molecule has 2 aliphatic rings. The van der Waals surface area contributed by atoms with Gasteiger partial charge in [0.2, 0.25) is 0 Å². The first-order valence-electron chi connectivity index (χ1n) is 10.6. The van der Waals surface area contributed by atoms with Crippen LogP contribution in [0.25, 0.3) is 0 Å². The zero-order valence-electron chi connectivity index (χ0n) is 18.2. The van der Waals surface area contributed by atoms with Crippen LogP contribution in [0.3, 0.4) is 0 Å². The molecule has 2 rings (SSSR count). The molecule has 0 aromatic carbocycles. The molecule has 0 spiro atoms. The number of hydrogen-bond acceptors (Lipinski definition) is 5. The van der Waals surface area contributed by atoms with Crippen molar-refractivity contribution in [2.75, 3.05) is 72.6 Å². The Kier molecular flexibility index (Phi) is 12.3. The van der Waals surface area contributed by atoms with Gasteiger partial charge in [-0.05, 0) is 32.2 Å². The molecule has 0 bridgehead atoms. The van der Waals surface area contributed by atoms with Crippen LogP contribution in [0, 0.1) is 11.8 Å². The molecule has 28 heavy (non-hydrogen) atoms. The van der Waals surface area contributed by atoms with E-state index in [1.54, 1.807) is 0 Å². The van der Waals surface area contributed by atoms with E-state index in [0.29, 0.717) is 12.5 Å². The van der Waals surface area contributed by atoms with Gasteiger partial charge in [-0.1, -0.05) is 13.8 Å². The maximum Gasteiger partial charge on any atom is 0.309 e. The van der Waals surface area contributed by atoms with Gasteiger partial charge in [0.15, 0.2) is 5.96 Å². The Morgan fingerprint density at radius 1 is 1.11 bits per heavy atom. The largest absolute Gasteiger partial charge is 0.466 e. The fourth-order valence-corrected chi connectivity index (χ4v) is 3.98. The molecule has 2 saturated heterocycles. The van der Waals surface area contributed by atoms with Crippen molar-refractivity contribution in [2.24, 2.45) is 16.8 Å². The van der Waals surface area contributed by atoms with Gasteiger partial charge in [0, 0.05) is 59.4 Å². The lowest BCUT2D eigenvalue weighted by molar-refractivity contribution is -0.149. The molecule has 2 aliphatic heterocycles. The highest BCUT2D eigenvalue weighted by Gasteiger charge is 2.27. The van der Waals surface area contributed by atoms with Crippen molar-refractivity contribution in [3.8, 4) is 0 Å². The second-order valence-electron chi connectivity index (χ2n) is 7.78. The first-order chi connectivity index (χ1) is 13.1. The summed E-state index contributed by atoms with van der Waals surface area (Å²) in [5.74, 6) is 1.53. The van der Waals surface area contributed by atoms with Gasteiger partial charge in [0.05, 0.1) is 12.5 Å². The number of carbonyl (C=O) groups is 1. The number of piperidine rings is 1. The number of guanidine groups is 1. The molecule has 2 fully saturated rings. The van der Waals surface area contributed by atoms with Crippen LogP contribution in [0.15, 0.2) is 4.99 Å². The second kappa shape index (κ2) is 13.6. The minimum atomic E-state index is -0.0445. The van der Waals surface area contributed by atoms with Crippen LogP contribution in [0.1, 0.15) is 33.6 Å². The molecule has 0 aliphatic carbocycles. The number of aliphatic imine (C=N–C) groups is 1.